The van der Waals surface area contributed by atoms with Crippen molar-refractivity contribution in [3.8, 4) is 0 Å². The molecule has 2 aromatic rings. The van der Waals surface area contributed by atoms with E-state index in [0.717, 1.165) is 31.5 Å². The summed E-state index contributed by atoms with van der Waals surface area (Å²) in [5.74, 6) is 0.163. The first-order valence-corrected chi connectivity index (χ1v) is 9.94. The number of hydrogen-bond donors (Lipinski definition) is 0. The Morgan fingerprint density at radius 3 is 2.26 bits per heavy atom. The first kappa shape index (κ1) is 19.2. The summed E-state index contributed by atoms with van der Waals surface area (Å²) in [5, 5.41) is 0. The van der Waals surface area contributed by atoms with E-state index in [2.05, 4.69) is 66.4 Å². The van der Waals surface area contributed by atoms with Crippen LogP contribution in [-0.2, 0) is 22.5 Å². The number of ether oxygens (including phenoxy) is 1. The van der Waals surface area contributed by atoms with Crippen LogP contribution in [0.3, 0.4) is 0 Å². The molecule has 1 aliphatic rings. The Hall–Kier alpha value is -2.55. The first-order chi connectivity index (χ1) is 13.2. The van der Waals surface area contributed by atoms with E-state index in [4.69, 9.17) is 4.74 Å². The standard InChI is InChI=1S/C24H29NO2/c1-3-21-16-22(15-19-11-7-5-8-12-19)25(18-20-13-9-6-10-14-20)23(21)17-24(26)27-4-2/h5-14,17,21-22H,3-4,15-16,18H2,1-2H3/b23-17+/t21?,22-/m0/s1. The van der Waals surface area contributed by atoms with Crippen molar-refractivity contribution in [3.63, 3.8) is 0 Å². The Kier molecular flexibility index (Phi) is 6.69. The second kappa shape index (κ2) is 9.40. The molecule has 0 radical (unpaired) electrons. The molecule has 0 aliphatic carbocycles. The van der Waals surface area contributed by atoms with Crippen LogP contribution in [0, 0.1) is 5.92 Å². The third-order valence-corrected chi connectivity index (χ3v) is 5.30. The van der Waals surface area contributed by atoms with E-state index in [1.165, 1.54) is 11.1 Å². The van der Waals surface area contributed by atoms with Crippen LogP contribution in [0.25, 0.3) is 0 Å². The Labute approximate surface area is 162 Å². The van der Waals surface area contributed by atoms with Gasteiger partial charge in [0.2, 0.25) is 0 Å². The molecule has 2 atom stereocenters. The SMILES string of the molecule is CCOC(=O)/C=C1\C(CC)C[C@H](Cc2ccccc2)N1Cc1ccccc1. The molecule has 1 saturated heterocycles. The van der Waals surface area contributed by atoms with Gasteiger partial charge in [-0.3, -0.25) is 0 Å². The van der Waals surface area contributed by atoms with E-state index in [0.29, 0.717) is 18.6 Å². The third kappa shape index (κ3) is 5.00. The van der Waals surface area contributed by atoms with Crippen LogP contribution in [0.4, 0.5) is 0 Å². The molecule has 1 aliphatic heterocycles. The summed E-state index contributed by atoms with van der Waals surface area (Å²) >= 11 is 0. The number of carbonyl (C=O) groups excluding carboxylic acids is 1. The largest absolute Gasteiger partial charge is 0.463 e. The average molecular weight is 364 g/mol. The highest BCUT2D eigenvalue weighted by molar-refractivity contribution is 5.82. The van der Waals surface area contributed by atoms with E-state index in [1.807, 2.05) is 13.0 Å². The number of esters is 1. The van der Waals surface area contributed by atoms with Gasteiger partial charge in [-0.15, -0.1) is 0 Å². The van der Waals surface area contributed by atoms with Crippen molar-refractivity contribution in [1.29, 1.82) is 0 Å². The predicted octanol–water partition coefficient (Wildman–Crippen LogP) is 4.98. The summed E-state index contributed by atoms with van der Waals surface area (Å²) in [7, 11) is 0. The molecule has 0 amide bonds. The second-order valence-electron chi connectivity index (χ2n) is 7.12. The zero-order chi connectivity index (χ0) is 19.1. The monoisotopic (exact) mass is 363 g/mol. The number of likely N-dealkylation sites (tertiary alicyclic amines) is 1. The normalized spacial score (nSPS) is 20.8. The van der Waals surface area contributed by atoms with Gasteiger partial charge in [-0.2, -0.15) is 0 Å². The van der Waals surface area contributed by atoms with Gasteiger partial charge in [-0.1, -0.05) is 67.6 Å². The van der Waals surface area contributed by atoms with Gasteiger partial charge in [-0.05, 0) is 37.3 Å². The molecule has 1 fully saturated rings. The molecule has 142 valence electrons. The number of nitrogens with zero attached hydrogens (tertiary/aromatic N) is 1. The fraction of sp³-hybridized carbons (Fsp3) is 0.375. The molecule has 1 unspecified atom stereocenters. The zero-order valence-electron chi connectivity index (χ0n) is 16.3. The van der Waals surface area contributed by atoms with Crippen LogP contribution >= 0.6 is 0 Å². The number of carbonyl (C=O) groups is 1. The summed E-state index contributed by atoms with van der Waals surface area (Å²) < 4.78 is 5.21. The lowest BCUT2D eigenvalue weighted by atomic mass is 9.97. The smallest absolute Gasteiger partial charge is 0.332 e. The van der Waals surface area contributed by atoms with E-state index in [9.17, 15) is 4.79 Å². The molecule has 0 bridgehead atoms. The Morgan fingerprint density at radius 2 is 1.67 bits per heavy atom. The van der Waals surface area contributed by atoms with Crippen molar-refractivity contribution in [1.82, 2.24) is 4.90 Å². The minimum absolute atomic E-state index is 0.232. The van der Waals surface area contributed by atoms with Crippen LogP contribution in [0.1, 0.15) is 37.8 Å². The molecule has 0 aromatic heterocycles. The van der Waals surface area contributed by atoms with Crippen molar-refractivity contribution in [2.24, 2.45) is 5.92 Å². The summed E-state index contributed by atoms with van der Waals surface area (Å²) in [5.41, 5.74) is 3.73. The second-order valence-corrected chi connectivity index (χ2v) is 7.12. The maximum Gasteiger partial charge on any atom is 0.332 e. The van der Waals surface area contributed by atoms with Crippen molar-refractivity contribution in [2.45, 2.75) is 45.7 Å². The van der Waals surface area contributed by atoms with Gasteiger partial charge < -0.3 is 9.64 Å². The topological polar surface area (TPSA) is 29.5 Å². The quantitative estimate of drug-likeness (QED) is 0.513. The number of rotatable bonds is 7. The summed E-state index contributed by atoms with van der Waals surface area (Å²) in [6.45, 7) is 5.28. The van der Waals surface area contributed by atoms with Gasteiger partial charge in [-0.25, -0.2) is 4.79 Å². The highest BCUT2D eigenvalue weighted by Gasteiger charge is 2.35. The van der Waals surface area contributed by atoms with Crippen molar-refractivity contribution < 1.29 is 9.53 Å². The van der Waals surface area contributed by atoms with Crippen LogP contribution in [0.5, 0.6) is 0 Å². The van der Waals surface area contributed by atoms with E-state index >= 15 is 0 Å². The minimum Gasteiger partial charge on any atom is -0.463 e. The zero-order valence-corrected chi connectivity index (χ0v) is 16.3. The Bertz CT molecular complexity index is 754. The Morgan fingerprint density at radius 1 is 1.04 bits per heavy atom. The number of hydrogen-bond acceptors (Lipinski definition) is 3. The van der Waals surface area contributed by atoms with Crippen molar-refractivity contribution >= 4 is 5.97 Å². The molecular weight excluding hydrogens is 334 g/mol. The van der Waals surface area contributed by atoms with Gasteiger partial charge in [0, 0.05) is 30.3 Å². The van der Waals surface area contributed by atoms with Crippen LogP contribution in [0.2, 0.25) is 0 Å². The lowest BCUT2D eigenvalue weighted by molar-refractivity contribution is -0.137. The van der Waals surface area contributed by atoms with Gasteiger partial charge in [0.25, 0.3) is 0 Å². The summed E-state index contributed by atoms with van der Waals surface area (Å²) in [6.07, 6.45) is 4.82. The lowest BCUT2D eigenvalue weighted by Crippen LogP contribution is -2.30. The van der Waals surface area contributed by atoms with Gasteiger partial charge >= 0.3 is 5.97 Å². The van der Waals surface area contributed by atoms with Crippen LogP contribution < -0.4 is 0 Å². The predicted molar refractivity (Wildman–Crippen MR) is 109 cm³/mol. The van der Waals surface area contributed by atoms with Gasteiger partial charge in [0.1, 0.15) is 0 Å². The van der Waals surface area contributed by atoms with Gasteiger partial charge in [0.15, 0.2) is 0 Å². The fourth-order valence-corrected chi connectivity index (χ4v) is 3.98. The maximum atomic E-state index is 12.2. The highest BCUT2D eigenvalue weighted by atomic mass is 16.5. The minimum atomic E-state index is -0.232. The van der Waals surface area contributed by atoms with Crippen molar-refractivity contribution in [2.75, 3.05) is 6.61 Å². The molecule has 3 nitrogen and oxygen atoms in total. The first-order valence-electron chi connectivity index (χ1n) is 9.94. The Balaban J connectivity index is 1.89. The third-order valence-electron chi connectivity index (χ3n) is 5.30. The molecular formula is C24H29NO2. The van der Waals surface area contributed by atoms with E-state index in [1.54, 1.807) is 6.08 Å². The molecule has 0 spiro atoms. The fourth-order valence-electron chi connectivity index (χ4n) is 3.98. The summed E-state index contributed by atoms with van der Waals surface area (Å²) in [6, 6.07) is 21.5. The maximum absolute atomic E-state index is 12.2. The molecule has 0 N–H and O–H groups in total. The molecule has 0 saturated carbocycles. The average Bonchev–Trinajstić information content (AvgIpc) is 3.00. The van der Waals surface area contributed by atoms with E-state index < -0.39 is 0 Å². The molecule has 27 heavy (non-hydrogen) atoms. The molecule has 3 heteroatoms. The van der Waals surface area contributed by atoms with Crippen LogP contribution in [0.15, 0.2) is 72.4 Å². The lowest BCUT2D eigenvalue weighted by Gasteiger charge is -2.29. The highest BCUT2D eigenvalue weighted by Crippen LogP contribution is 2.38. The van der Waals surface area contributed by atoms with E-state index in [-0.39, 0.29) is 5.97 Å². The molecule has 3 rings (SSSR count). The number of benzene rings is 2. The molecule has 1 heterocycles. The molecule has 2 aromatic carbocycles. The summed E-state index contributed by atoms with van der Waals surface area (Å²) in [4.78, 5) is 14.6. The number of allylic oxidation sites excluding steroid dienone is 1. The van der Waals surface area contributed by atoms with Crippen LogP contribution in [-0.4, -0.2) is 23.5 Å². The van der Waals surface area contributed by atoms with Gasteiger partial charge in [0.05, 0.1) is 6.61 Å². The van der Waals surface area contributed by atoms with Crippen molar-refractivity contribution in [3.05, 3.63) is 83.6 Å².